The van der Waals surface area contributed by atoms with Gasteiger partial charge in [0.1, 0.15) is 22.8 Å². The van der Waals surface area contributed by atoms with Gasteiger partial charge in [0.05, 0.1) is 30.5 Å². The number of anilines is 2. The lowest BCUT2D eigenvalue weighted by Gasteiger charge is -2.36. The van der Waals surface area contributed by atoms with E-state index in [1.807, 2.05) is 29.2 Å². The molecule has 10 heteroatoms. The van der Waals surface area contributed by atoms with Crippen molar-refractivity contribution in [2.75, 3.05) is 51.0 Å². The lowest BCUT2D eigenvalue weighted by molar-refractivity contribution is 0.0601. The van der Waals surface area contributed by atoms with Gasteiger partial charge < -0.3 is 29.5 Å². The summed E-state index contributed by atoms with van der Waals surface area (Å²) >= 11 is 6.44. The molecule has 0 unspecified atom stereocenters. The Morgan fingerprint density at radius 3 is 2.50 bits per heavy atom. The first kappa shape index (κ1) is 23.4. The van der Waals surface area contributed by atoms with Crippen LogP contribution < -0.4 is 15.4 Å². The zero-order chi connectivity index (χ0) is 24.4. The number of esters is 1. The number of amides is 1. The van der Waals surface area contributed by atoms with E-state index in [0.717, 1.165) is 0 Å². The second-order valence-corrected chi connectivity index (χ2v) is 8.23. The highest BCUT2D eigenvalue weighted by Gasteiger charge is 2.30. The number of nitrogens with zero attached hydrogens (tertiary/aromatic N) is 3. The topological polar surface area (TPSA) is 111 Å². The molecule has 0 saturated carbocycles. The first-order valence-corrected chi connectivity index (χ1v) is 11.0. The Bertz CT molecular complexity index is 1230. The third kappa shape index (κ3) is 4.26. The zero-order valence-electron chi connectivity index (χ0n) is 19.1. The van der Waals surface area contributed by atoms with Crippen molar-refractivity contribution in [1.29, 1.82) is 0 Å². The largest absolute Gasteiger partial charge is 0.496 e. The predicted octanol–water partition coefficient (Wildman–Crippen LogP) is 3.64. The molecule has 0 bridgehead atoms. The maximum Gasteiger partial charge on any atom is 0.340 e. The van der Waals surface area contributed by atoms with Gasteiger partial charge in [-0.3, -0.25) is 4.79 Å². The number of nitrogen functional groups attached to an aromatic ring is 1. The number of carbonyl (C=O) groups excluding carboxylic acids is 2. The van der Waals surface area contributed by atoms with Gasteiger partial charge in [0.2, 0.25) is 0 Å². The van der Waals surface area contributed by atoms with E-state index in [2.05, 4.69) is 5.16 Å². The normalized spacial score (nSPS) is 13.6. The number of piperazine rings is 1. The van der Waals surface area contributed by atoms with E-state index in [-0.39, 0.29) is 17.2 Å². The molecule has 1 aliphatic rings. The predicted molar refractivity (Wildman–Crippen MR) is 129 cm³/mol. The Balaban J connectivity index is 1.53. The van der Waals surface area contributed by atoms with Crippen LogP contribution in [0, 0.1) is 6.92 Å². The van der Waals surface area contributed by atoms with Crippen LogP contribution in [0.15, 0.2) is 40.9 Å². The number of aromatic nitrogens is 1. The van der Waals surface area contributed by atoms with Crippen molar-refractivity contribution in [1.82, 2.24) is 10.1 Å². The molecule has 1 amide bonds. The fourth-order valence-corrected chi connectivity index (χ4v) is 4.35. The van der Waals surface area contributed by atoms with Crippen molar-refractivity contribution >= 4 is 34.9 Å². The summed E-state index contributed by atoms with van der Waals surface area (Å²) in [6, 6.07) is 10.5. The second kappa shape index (κ2) is 9.64. The molecule has 4 rings (SSSR count). The molecule has 1 aromatic heterocycles. The van der Waals surface area contributed by atoms with Crippen LogP contribution >= 0.6 is 11.6 Å². The van der Waals surface area contributed by atoms with Crippen molar-refractivity contribution in [3.05, 3.63) is 58.3 Å². The Kier molecular flexibility index (Phi) is 6.65. The average Bonchev–Trinajstić information content (AvgIpc) is 3.25. The molecule has 0 aliphatic carbocycles. The van der Waals surface area contributed by atoms with Crippen LogP contribution in [0.1, 0.15) is 26.5 Å². The van der Waals surface area contributed by atoms with Gasteiger partial charge in [0.25, 0.3) is 5.91 Å². The number of hydrogen-bond acceptors (Lipinski definition) is 8. The number of carbonyl (C=O) groups is 2. The first-order valence-electron chi connectivity index (χ1n) is 10.7. The Hall–Kier alpha value is -3.72. The van der Waals surface area contributed by atoms with Crippen LogP contribution in [-0.4, -0.2) is 62.3 Å². The standard InChI is InChI=1S/C24H25ClN4O5/c1-14-21(22(27-34-14)15-6-4-5-7-20(15)32-2)23(30)29-10-8-28(9-11-29)19-13-18(26)16(12-17(19)25)24(31)33-3/h4-7,12-13H,8-11,26H2,1-3H3. The number of para-hydroxylation sites is 1. The minimum absolute atomic E-state index is 0.161. The van der Waals surface area contributed by atoms with Gasteiger partial charge in [-0.05, 0) is 31.2 Å². The van der Waals surface area contributed by atoms with Crippen molar-refractivity contribution in [2.45, 2.75) is 6.92 Å². The maximum atomic E-state index is 13.5. The van der Waals surface area contributed by atoms with Gasteiger partial charge >= 0.3 is 5.97 Å². The number of methoxy groups -OCH3 is 2. The molecule has 2 aromatic carbocycles. The van der Waals surface area contributed by atoms with Gasteiger partial charge in [-0.1, -0.05) is 28.9 Å². The van der Waals surface area contributed by atoms with Crippen LogP contribution in [0.25, 0.3) is 11.3 Å². The van der Waals surface area contributed by atoms with Crippen LogP contribution in [0.2, 0.25) is 5.02 Å². The number of nitrogens with two attached hydrogens (primary N) is 1. The summed E-state index contributed by atoms with van der Waals surface area (Å²) in [6.45, 7) is 3.72. The quantitative estimate of drug-likeness (QED) is 0.431. The van der Waals surface area contributed by atoms with Gasteiger partial charge in [-0.2, -0.15) is 0 Å². The molecule has 2 heterocycles. The molecule has 0 atom stereocenters. The van der Waals surface area contributed by atoms with E-state index >= 15 is 0 Å². The minimum atomic E-state index is -0.545. The van der Waals surface area contributed by atoms with Crippen LogP contribution in [0.4, 0.5) is 11.4 Å². The molecule has 1 saturated heterocycles. The summed E-state index contributed by atoms with van der Waals surface area (Å²) in [6.07, 6.45) is 0. The van der Waals surface area contributed by atoms with Crippen molar-refractivity contribution in [2.24, 2.45) is 0 Å². The average molecular weight is 485 g/mol. The fraction of sp³-hybridized carbons (Fsp3) is 0.292. The number of aryl methyl sites for hydroxylation is 1. The van der Waals surface area contributed by atoms with Gasteiger partial charge in [0, 0.05) is 37.4 Å². The summed E-state index contributed by atoms with van der Waals surface area (Å²) in [4.78, 5) is 29.1. The van der Waals surface area contributed by atoms with Crippen molar-refractivity contribution < 1.29 is 23.6 Å². The lowest BCUT2D eigenvalue weighted by atomic mass is 10.0. The summed E-state index contributed by atoms with van der Waals surface area (Å²) < 4.78 is 15.6. The Labute approximate surface area is 202 Å². The van der Waals surface area contributed by atoms with Crippen LogP contribution in [-0.2, 0) is 4.74 Å². The molecule has 0 spiro atoms. The maximum absolute atomic E-state index is 13.5. The zero-order valence-corrected chi connectivity index (χ0v) is 19.9. The second-order valence-electron chi connectivity index (χ2n) is 7.82. The van der Waals surface area contributed by atoms with Gasteiger partial charge in [0.15, 0.2) is 0 Å². The first-order chi connectivity index (χ1) is 16.3. The summed E-state index contributed by atoms with van der Waals surface area (Å²) in [5, 5.41) is 4.53. The van der Waals surface area contributed by atoms with Gasteiger partial charge in [-0.15, -0.1) is 0 Å². The number of halogens is 1. The van der Waals surface area contributed by atoms with E-state index in [1.165, 1.54) is 13.2 Å². The van der Waals surface area contributed by atoms with Crippen LogP contribution in [0.5, 0.6) is 5.75 Å². The number of hydrogen-bond donors (Lipinski definition) is 1. The fourth-order valence-electron chi connectivity index (χ4n) is 4.06. The molecule has 9 nitrogen and oxygen atoms in total. The third-order valence-corrected chi connectivity index (χ3v) is 6.17. The highest BCUT2D eigenvalue weighted by atomic mass is 35.5. The highest BCUT2D eigenvalue weighted by molar-refractivity contribution is 6.34. The summed E-state index contributed by atoms with van der Waals surface area (Å²) in [7, 11) is 2.86. The molecular weight excluding hydrogens is 460 g/mol. The van der Waals surface area contributed by atoms with Crippen LogP contribution in [0.3, 0.4) is 0 Å². The molecule has 1 aliphatic heterocycles. The Morgan fingerprint density at radius 2 is 1.82 bits per heavy atom. The molecule has 3 aromatic rings. The molecule has 34 heavy (non-hydrogen) atoms. The van der Waals surface area contributed by atoms with E-state index in [9.17, 15) is 9.59 Å². The SMILES string of the molecule is COC(=O)c1cc(Cl)c(N2CCN(C(=O)c3c(-c4ccccc4OC)noc3C)CC2)cc1N. The Morgan fingerprint density at radius 1 is 1.12 bits per heavy atom. The number of benzene rings is 2. The van der Waals surface area contributed by atoms with E-state index in [4.69, 9.17) is 31.3 Å². The molecule has 178 valence electrons. The monoisotopic (exact) mass is 484 g/mol. The molecule has 2 N–H and O–H groups in total. The van der Waals surface area contributed by atoms with E-state index in [0.29, 0.717) is 65.2 Å². The van der Waals surface area contributed by atoms with E-state index < -0.39 is 5.97 Å². The van der Waals surface area contributed by atoms with E-state index in [1.54, 1.807) is 25.0 Å². The number of ether oxygens (including phenoxy) is 2. The molecule has 1 fully saturated rings. The number of rotatable bonds is 5. The van der Waals surface area contributed by atoms with Crippen molar-refractivity contribution in [3.63, 3.8) is 0 Å². The van der Waals surface area contributed by atoms with Gasteiger partial charge in [-0.25, -0.2) is 4.79 Å². The molecular formula is C24H25ClN4O5. The highest BCUT2D eigenvalue weighted by Crippen LogP contribution is 2.35. The smallest absolute Gasteiger partial charge is 0.340 e. The summed E-state index contributed by atoms with van der Waals surface area (Å²) in [5.74, 6) is 0.349. The summed E-state index contributed by atoms with van der Waals surface area (Å²) in [5.41, 5.74) is 8.82. The lowest BCUT2D eigenvalue weighted by Crippen LogP contribution is -2.49. The molecule has 0 radical (unpaired) electrons. The van der Waals surface area contributed by atoms with Crippen molar-refractivity contribution in [3.8, 4) is 17.0 Å². The third-order valence-electron chi connectivity index (χ3n) is 5.87. The minimum Gasteiger partial charge on any atom is -0.496 e.